The number of para-hydroxylation sites is 1. The van der Waals surface area contributed by atoms with Gasteiger partial charge >= 0.3 is 0 Å². The van der Waals surface area contributed by atoms with Crippen molar-refractivity contribution in [3.05, 3.63) is 28.2 Å². The molecular weight excluding hydrogens is 362 g/mol. The highest BCUT2D eigenvalue weighted by Gasteiger charge is 2.68. The Morgan fingerprint density at radius 3 is 2.25 bits per heavy atom. The molecule has 2 N–H and O–H groups in total. The van der Waals surface area contributed by atoms with Crippen molar-refractivity contribution in [1.82, 2.24) is 5.32 Å². The first-order valence-electron chi connectivity index (χ1n) is 5.62. The summed E-state index contributed by atoms with van der Waals surface area (Å²) in [6, 6.07) is 5.02. The number of rotatable bonds is 2. The fraction of sp³-hybridized carbons (Fsp3) is 0.333. The monoisotopic (exact) mass is 370 g/mol. The number of carbonyl (C=O) groups is 1. The van der Waals surface area contributed by atoms with Crippen molar-refractivity contribution in [1.29, 1.82) is 0 Å². The van der Waals surface area contributed by atoms with Gasteiger partial charge < -0.3 is 10.6 Å². The Balaban J connectivity index is 2.02. The molecule has 1 fully saturated rings. The molecule has 0 aromatic heterocycles. The number of hydrogen-bond donors (Lipinski definition) is 2. The molecule has 1 saturated carbocycles. The fourth-order valence-corrected chi connectivity index (χ4v) is 3.04. The quantitative estimate of drug-likeness (QED) is 0.598. The second kappa shape index (κ2) is 5.50. The van der Waals surface area contributed by atoms with Crippen molar-refractivity contribution < 1.29 is 4.79 Å². The van der Waals surface area contributed by atoms with Gasteiger partial charge in [-0.15, -0.1) is 23.2 Å². The van der Waals surface area contributed by atoms with Gasteiger partial charge in [0.25, 0.3) is 0 Å². The van der Waals surface area contributed by atoms with Crippen LogP contribution >= 0.6 is 58.6 Å². The minimum atomic E-state index is -1.05. The van der Waals surface area contributed by atoms with Crippen LogP contribution in [-0.2, 0) is 4.79 Å². The van der Waals surface area contributed by atoms with E-state index in [4.69, 9.17) is 58.6 Å². The van der Waals surface area contributed by atoms with Gasteiger partial charge in [0.1, 0.15) is 4.33 Å². The smallest absolute Gasteiger partial charge is 0.235 e. The Labute approximate surface area is 141 Å². The van der Waals surface area contributed by atoms with Crippen LogP contribution in [0.2, 0.25) is 10.0 Å². The Bertz CT molecular complexity index is 573. The highest BCUT2D eigenvalue weighted by molar-refractivity contribution is 7.80. The minimum Gasteiger partial charge on any atom is -0.330 e. The first-order chi connectivity index (χ1) is 9.17. The van der Waals surface area contributed by atoms with E-state index in [1.165, 1.54) is 0 Å². The van der Waals surface area contributed by atoms with Crippen molar-refractivity contribution >= 4 is 75.3 Å². The molecule has 0 spiro atoms. The topological polar surface area (TPSA) is 41.1 Å². The van der Waals surface area contributed by atoms with Crippen LogP contribution in [0.25, 0.3) is 0 Å². The number of anilines is 1. The third-order valence-electron chi connectivity index (χ3n) is 3.19. The van der Waals surface area contributed by atoms with Gasteiger partial charge in [-0.25, -0.2) is 0 Å². The van der Waals surface area contributed by atoms with E-state index in [2.05, 4.69) is 10.6 Å². The Morgan fingerprint density at radius 1 is 1.30 bits per heavy atom. The molecule has 3 nitrogen and oxygen atoms in total. The van der Waals surface area contributed by atoms with Gasteiger partial charge in [0.05, 0.1) is 21.1 Å². The molecule has 1 aromatic rings. The third-order valence-corrected chi connectivity index (χ3v) is 5.12. The van der Waals surface area contributed by atoms with Crippen LogP contribution in [0.5, 0.6) is 0 Å². The lowest BCUT2D eigenvalue weighted by Crippen LogP contribution is -2.40. The SMILES string of the molecule is CC1(C(=O)NC(=S)Nc2c(Cl)cccc2Cl)CC1(Cl)Cl. The molecule has 1 aliphatic carbocycles. The van der Waals surface area contributed by atoms with Gasteiger partial charge in [-0.1, -0.05) is 29.3 Å². The maximum absolute atomic E-state index is 12.0. The third kappa shape index (κ3) is 3.00. The zero-order chi connectivity index (χ0) is 15.1. The van der Waals surface area contributed by atoms with Crippen molar-refractivity contribution in [2.75, 3.05) is 5.32 Å². The van der Waals surface area contributed by atoms with E-state index >= 15 is 0 Å². The normalized spacial score (nSPS) is 23.1. The summed E-state index contributed by atoms with van der Waals surface area (Å²) in [5, 5.41) is 6.21. The lowest BCUT2D eigenvalue weighted by Gasteiger charge is -2.15. The van der Waals surface area contributed by atoms with Crippen molar-refractivity contribution in [2.45, 2.75) is 17.7 Å². The predicted molar refractivity (Wildman–Crippen MR) is 88.0 cm³/mol. The molecule has 0 heterocycles. The van der Waals surface area contributed by atoms with E-state index < -0.39 is 9.75 Å². The van der Waals surface area contributed by atoms with Gasteiger partial charge in [0.15, 0.2) is 5.11 Å². The second-order valence-electron chi connectivity index (χ2n) is 4.72. The Morgan fingerprint density at radius 2 is 1.80 bits per heavy atom. The first-order valence-corrected chi connectivity index (χ1v) is 7.54. The highest BCUT2D eigenvalue weighted by atomic mass is 35.5. The van der Waals surface area contributed by atoms with E-state index in [0.717, 1.165) is 0 Å². The minimum absolute atomic E-state index is 0.0854. The Kier molecular flexibility index (Phi) is 4.43. The molecule has 1 amide bonds. The van der Waals surface area contributed by atoms with Crippen LogP contribution in [0.3, 0.4) is 0 Å². The summed E-state index contributed by atoms with van der Waals surface area (Å²) in [5.74, 6) is -0.344. The summed E-state index contributed by atoms with van der Waals surface area (Å²) >= 11 is 28.9. The van der Waals surface area contributed by atoms with Crippen LogP contribution < -0.4 is 10.6 Å². The number of nitrogens with one attached hydrogen (secondary N) is 2. The Hall–Kier alpha value is -0.260. The molecule has 1 atom stereocenters. The average Bonchev–Trinajstić information content (AvgIpc) is 2.85. The lowest BCUT2D eigenvalue weighted by atomic mass is 10.1. The molecule has 0 bridgehead atoms. The molecule has 108 valence electrons. The molecule has 20 heavy (non-hydrogen) atoms. The summed E-state index contributed by atoms with van der Waals surface area (Å²) in [5.41, 5.74) is -0.406. The maximum atomic E-state index is 12.0. The number of carbonyl (C=O) groups excluding carboxylic acids is 1. The number of alkyl halides is 2. The van der Waals surface area contributed by atoms with E-state index in [9.17, 15) is 4.79 Å². The molecular formula is C12H10Cl4N2OS. The number of halogens is 4. The summed E-state index contributed by atoms with van der Waals surface area (Å²) in [6.45, 7) is 1.67. The van der Waals surface area contributed by atoms with E-state index in [1.54, 1.807) is 25.1 Å². The van der Waals surface area contributed by atoms with Crippen molar-refractivity contribution in [3.8, 4) is 0 Å². The molecule has 1 aromatic carbocycles. The van der Waals surface area contributed by atoms with Gasteiger partial charge in [-0.3, -0.25) is 4.79 Å². The zero-order valence-corrected chi connectivity index (χ0v) is 14.1. The van der Waals surface area contributed by atoms with Crippen molar-refractivity contribution in [2.24, 2.45) is 5.41 Å². The van der Waals surface area contributed by atoms with Gasteiger partial charge in [-0.2, -0.15) is 0 Å². The largest absolute Gasteiger partial charge is 0.330 e. The zero-order valence-electron chi connectivity index (χ0n) is 10.3. The number of benzene rings is 1. The van der Waals surface area contributed by atoms with E-state index in [1.807, 2.05) is 0 Å². The first kappa shape index (κ1) is 16.1. The second-order valence-corrected chi connectivity index (χ2v) is 7.42. The summed E-state index contributed by atoms with van der Waals surface area (Å²) in [6.07, 6.45) is 0.379. The van der Waals surface area contributed by atoms with Gasteiger partial charge in [-0.05, 0) is 37.7 Å². The molecule has 1 unspecified atom stereocenters. The van der Waals surface area contributed by atoms with Crippen molar-refractivity contribution in [3.63, 3.8) is 0 Å². The average molecular weight is 372 g/mol. The number of thiocarbonyl (C=S) groups is 1. The van der Waals surface area contributed by atoms with Crippen LogP contribution in [-0.4, -0.2) is 15.4 Å². The molecule has 8 heteroatoms. The maximum Gasteiger partial charge on any atom is 0.235 e. The van der Waals surface area contributed by atoms with Gasteiger partial charge in [0, 0.05) is 0 Å². The molecule has 0 saturated heterocycles. The molecule has 0 aliphatic heterocycles. The van der Waals surface area contributed by atoms with Crippen LogP contribution in [0.15, 0.2) is 18.2 Å². The van der Waals surface area contributed by atoms with E-state index in [-0.39, 0.29) is 11.0 Å². The van der Waals surface area contributed by atoms with Crippen LogP contribution in [0.4, 0.5) is 5.69 Å². The molecule has 0 radical (unpaired) electrons. The molecule has 1 aliphatic rings. The lowest BCUT2D eigenvalue weighted by molar-refractivity contribution is -0.124. The predicted octanol–water partition coefficient (Wildman–Crippen LogP) is 4.39. The fourth-order valence-electron chi connectivity index (χ4n) is 1.65. The van der Waals surface area contributed by atoms with Gasteiger partial charge in [0.2, 0.25) is 5.91 Å². The number of amides is 1. The summed E-state index contributed by atoms with van der Waals surface area (Å²) in [4.78, 5) is 12.0. The molecule has 2 rings (SSSR count). The highest BCUT2D eigenvalue weighted by Crippen LogP contribution is 2.63. The van der Waals surface area contributed by atoms with Crippen LogP contribution in [0.1, 0.15) is 13.3 Å². The number of hydrogen-bond acceptors (Lipinski definition) is 2. The van der Waals surface area contributed by atoms with E-state index in [0.29, 0.717) is 22.2 Å². The summed E-state index contributed by atoms with van der Waals surface area (Å²) < 4.78 is -1.05. The standard InChI is InChI=1S/C12H10Cl4N2OS/c1-11(5-12(11,15)16)9(19)18-10(20)17-8-6(13)3-2-4-7(8)14/h2-4H,5H2,1H3,(H2,17,18,19,20). The van der Waals surface area contributed by atoms with Crippen LogP contribution in [0, 0.1) is 5.41 Å². The summed E-state index contributed by atoms with van der Waals surface area (Å²) in [7, 11) is 0.